The van der Waals surface area contributed by atoms with Gasteiger partial charge in [0.05, 0.1) is 5.41 Å². The van der Waals surface area contributed by atoms with E-state index >= 15 is 0 Å². The monoisotopic (exact) mass is 347 g/mol. The third kappa shape index (κ3) is 3.80. The van der Waals surface area contributed by atoms with Crippen LogP contribution in [0.2, 0.25) is 0 Å². The standard InChI is InChI=1S/C18H21NO4S/c1-18(9-3-2-4-15(18)20)11-23-13-7-5-12(6-8-13)10-14-16(21)24-17(22)19-14/h5-8,14H,2-4,9-11H2,1H3,(H,19,22). The van der Waals surface area contributed by atoms with Gasteiger partial charge in [-0.15, -0.1) is 0 Å². The Kier molecular flexibility index (Phi) is 4.94. The Balaban J connectivity index is 1.56. The van der Waals surface area contributed by atoms with Crippen molar-refractivity contribution in [2.24, 2.45) is 5.41 Å². The Morgan fingerprint density at radius 3 is 2.58 bits per heavy atom. The van der Waals surface area contributed by atoms with Crippen LogP contribution in [0.1, 0.15) is 38.2 Å². The zero-order valence-electron chi connectivity index (χ0n) is 13.7. The first kappa shape index (κ1) is 17.0. The Labute approximate surface area is 145 Å². The highest BCUT2D eigenvalue weighted by molar-refractivity contribution is 8.26. The maximum Gasteiger partial charge on any atom is 0.287 e. The second kappa shape index (κ2) is 6.97. The number of Topliss-reactive ketones (excluding diaryl/α,β-unsaturated/α-hetero) is 1. The number of rotatable bonds is 5. The summed E-state index contributed by atoms with van der Waals surface area (Å²) in [4.78, 5) is 34.9. The number of carbonyl (C=O) groups excluding carboxylic acids is 3. The van der Waals surface area contributed by atoms with Gasteiger partial charge in [-0.1, -0.05) is 18.6 Å². The van der Waals surface area contributed by atoms with Crippen LogP contribution in [0.3, 0.4) is 0 Å². The van der Waals surface area contributed by atoms with Crippen molar-refractivity contribution < 1.29 is 19.1 Å². The van der Waals surface area contributed by atoms with Crippen LogP contribution in [-0.2, 0) is 16.0 Å². The molecule has 0 aromatic heterocycles. The lowest BCUT2D eigenvalue weighted by atomic mass is 9.75. The van der Waals surface area contributed by atoms with E-state index in [0.717, 1.165) is 42.3 Å². The summed E-state index contributed by atoms with van der Waals surface area (Å²) in [5.74, 6) is 1.01. The highest BCUT2D eigenvalue weighted by atomic mass is 32.2. The number of benzene rings is 1. The average molecular weight is 347 g/mol. The molecule has 2 atom stereocenters. The van der Waals surface area contributed by atoms with E-state index in [2.05, 4.69) is 5.32 Å². The van der Waals surface area contributed by atoms with E-state index in [4.69, 9.17) is 4.74 Å². The number of carbonyl (C=O) groups is 3. The van der Waals surface area contributed by atoms with Crippen LogP contribution in [0.25, 0.3) is 0 Å². The first-order valence-electron chi connectivity index (χ1n) is 8.23. The van der Waals surface area contributed by atoms with Gasteiger partial charge >= 0.3 is 0 Å². The number of hydrogen-bond donors (Lipinski definition) is 1. The second-order valence-corrected chi connectivity index (χ2v) is 7.71. The number of thioether (sulfide) groups is 1. The van der Waals surface area contributed by atoms with Crippen LogP contribution in [-0.4, -0.2) is 28.8 Å². The number of nitrogens with one attached hydrogen (secondary N) is 1. The van der Waals surface area contributed by atoms with Gasteiger partial charge in [-0.25, -0.2) is 0 Å². The van der Waals surface area contributed by atoms with Gasteiger partial charge in [-0.05, 0) is 37.5 Å². The van der Waals surface area contributed by atoms with E-state index in [1.165, 1.54) is 0 Å². The Morgan fingerprint density at radius 1 is 1.21 bits per heavy atom. The molecular weight excluding hydrogens is 326 g/mol. The molecule has 1 aliphatic carbocycles. The quantitative estimate of drug-likeness (QED) is 0.886. The van der Waals surface area contributed by atoms with E-state index in [0.29, 0.717) is 25.2 Å². The van der Waals surface area contributed by atoms with Crippen LogP contribution < -0.4 is 10.1 Å². The summed E-state index contributed by atoms with van der Waals surface area (Å²) in [6.45, 7) is 2.38. The molecule has 1 amide bonds. The van der Waals surface area contributed by atoms with Crippen molar-refractivity contribution in [1.29, 1.82) is 0 Å². The Bertz CT molecular complexity index is 657. The van der Waals surface area contributed by atoms with E-state index < -0.39 is 6.04 Å². The third-order valence-electron chi connectivity index (χ3n) is 4.75. The SMILES string of the molecule is CC1(COc2ccc(CC3NC(=O)SC3=O)cc2)CCCCC1=O. The zero-order valence-corrected chi connectivity index (χ0v) is 14.5. The molecule has 2 aliphatic rings. The molecule has 6 heteroatoms. The third-order valence-corrected chi connectivity index (χ3v) is 5.53. The van der Waals surface area contributed by atoms with Crippen molar-refractivity contribution in [3.63, 3.8) is 0 Å². The molecule has 1 saturated heterocycles. The van der Waals surface area contributed by atoms with Gasteiger partial charge in [-0.2, -0.15) is 0 Å². The summed E-state index contributed by atoms with van der Waals surface area (Å²) in [6.07, 6.45) is 4.07. The van der Waals surface area contributed by atoms with E-state index in [-0.39, 0.29) is 15.8 Å². The fourth-order valence-corrected chi connectivity index (χ4v) is 3.79. The lowest BCUT2D eigenvalue weighted by Crippen LogP contribution is -2.36. The number of hydrogen-bond acceptors (Lipinski definition) is 5. The van der Waals surface area contributed by atoms with Gasteiger partial charge in [0.25, 0.3) is 5.24 Å². The Hall–Kier alpha value is -1.82. The number of ether oxygens (including phenoxy) is 1. The van der Waals surface area contributed by atoms with Crippen LogP contribution in [0, 0.1) is 5.41 Å². The lowest BCUT2D eigenvalue weighted by Gasteiger charge is -2.31. The maximum atomic E-state index is 12.1. The van der Waals surface area contributed by atoms with Gasteiger partial charge in [0.2, 0.25) is 5.12 Å². The normalized spacial score (nSPS) is 27.2. The minimum absolute atomic E-state index is 0.135. The first-order valence-corrected chi connectivity index (χ1v) is 9.05. The van der Waals surface area contributed by atoms with Crippen molar-refractivity contribution in [2.45, 2.75) is 45.1 Å². The molecule has 24 heavy (non-hydrogen) atoms. The summed E-state index contributed by atoms with van der Waals surface area (Å²) in [7, 11) is 0. The van der Waals surface area contributed by atoms with Crippen molar-refractivity contribution >= 4 is 27.9 Å². The molecule has 1 aromatic rings. The molecule has 1 saturated carbocycles. The molecule has 128 valence electrons. The van der Waals surface area contributed by atoms with Crippen LogP contribution in [0.15, 0.2) is 24.3 Å². The number of amides is 1. The van der Waals surface area contributed by atoms with Gasteiger partial charge in [0.1, 0.15) is 24.2 Å². The fraction of sp³-hybridized carbons (Fsp3) is 0.500. The molecular formula is C18H21NO4S. The summed E-state index contributed by atoms with van der Waals surface area (Å²) >= 11 is 0.729. The predicted molar refractivity (Wildman–Crippen MR) is 92.1 cm³/mol. The molecule has 1 aliphatic heterocycles. The smallest absolute Gasteiger partial charge is 0.287 e. The lowest BCUT2D eigenvalue weighted by molar-refractivity contribution is -0.132. The van der Waals surface area contributed by atoms with Crippen molar-refractivity contribution in [3.8, 4) is 5.75 Å². The molecule has 2 unspecified atom stereocenters. The molecule has 3 rings (SSSR count). The fourth-order valence-electron chi connectivity index (χ4n) is 3.12. The van der Waals surface area contributed by atoms with Gasteiger partial charge in [-0.3, -0.25) is 14.4 Å². The van der Waals surface area contributed by atoms with Gasteiger partial charge in [0.15, 0.2) is 0 Å². The molecule has 1 N–H and O–H groups in total. The van der Waals surface area contributed by atoms with E-state index in [1.54, 1.807) is 0 Å². The van der Waals surface area contributed by atoms with Crippen molar-refractivity contribution in [1.82, 2.24) is 5.32 Å². The molecule has 1 heterocycles. The van der Waals surface area contributed by atoms with Gasteiger partial charge in [0, 0.05) is 24.6 Å². The summed E-state index contributed by atoms with van der Waals surface area (Å²) < 4.78 is 5.82. The van der Waals surface area contributed by atoms with E-state index in [9.17, 15) is 14.4 Å². The molecule has 0 spiro atoms. The minimum Gasteiger partial charge on any atom is -0.493 e. The second-order valence-electron chi connectivity index (χ2n) is 6.73. The highest BCUT2D eigenvalue weighted by Gasteiger charge is 2.36. The van der Waals surface area contributed by atoms with Crippen molar-refractivity contribution in [3.05, 3.63) is 29.8 Å². The highest BCUT2D eigenvalue weighted by Crippen LogP contribution is 2.33. The maximum absolute atomic E-state index is 12.1. The molecule has 0 radical (unpaired) electrons. The van der Waals surface area contributed by atoms with Gasteiger partial charge < -0.3 is 10.1 Å². The Morgan fingerprint density at radius 2 is 1.96 bits per heavy atom. The summed E-state index contributed by atoms with van der Waals surface area (Å²) in [6, 6.07) is 7.03. The number of ketones is 1. The molecule has 1 aromatic carbocycles. The largest absolute Gasteiger partial charge is 0.493 e. The average Bonchev–Trinajstić information content (AvgIpc) is 2.87. The summed E-state index contributed by atoms with van der Waals surface area (Å²) in [5, 5.41) is 2.23. The topological polar surface area (TPSA) is 72.5 Å². The molecule has 5 nitrogen and oxygen atoms in total. The minimum atomic E-state index is -0.451. The summed E-state index contributed by atoms with van der Waals surface area (Å²) in [5.41, 5.74) is 0.581. The van der Waals surface area contributed by atoms with Crippen LogP contribution >= 0.6 is 11.8 Å². The molecule has 2 fully saturated rings. The van der Waals surface area contributed by atoms with Crippen LogP contribution in [0.5, 0.6) is 5.75 Å². The van der Waals surface area contributed by atoms with Crippen LogP contribution in [0.4, 0.5) is 4.79 Å². The predicted octanol–water partition coefficient (Wildman–Crippen LogP) is 3.11. The van der Waals surface area contributed by atoms with Crippen molar-refractivity contribution in [2.75, 3.05) is 6.61 Å². The van der Waals surface area contributed by atoms with E-state index in [1.807, 2.05) is 31.2 Å². The zero-order chi connectivity index (χ0) is 17.2. The first-order chi connectivity index (χ1) is 11.5. The molecule has 0 bridgehead atoms.